The van der Waals surface area contributed by atoms with Gasteiger partial charge in [-0.15, -0.1) is 0 Å². The molecule has 1 aliphatic carbocycles. The van der Waals surface area contributed by atoms with E-state index in [0.29, 0.717) is 12.1 Å². The van der Waals surface area contributed by atoms with Crippen molar-refractivity contribution in [1.29, 1.82) is 0 Å². The number of rotatable bonds is 3. The Balaban J connectivity index is 0.000000204. The Morgan fingerprint density at radius 3 is 2.00 bits per heavy atom. The molecule has 1 heterocycles. The summed E-state index contributed by atoms with van der Waals surface area (Å²) >= 11 is 0. The summed E-state index contributed by atoms with van der Waals surface area (Å²) in [6, 6.07) is 0.674. The number of likely N-dealkylation sites (tertiary alicyclic amines) is 1. The van der Waals surface area contributed by atoms with Crippen molar-refractivity contribution in [3.8, 4) is 0 Å². The molecule has 0 aromatic carbocycles. The molecule has 1 unspecified atom stereocenters. The summed E-state index contributed by atoms with van der Waals surface area (Å²) < 4.78 is 5.33. The van der Waals surface area contributed by atoms with Crippen molar-refractivity contribution in [2.45, 2.75) is 84.8 Å². The third-order valence-corrected chi connectivity index (χ3v) is 5.07. The van der Waals surface area contributed by atoms with Gasteiger partial charge in [0.1, 0.15) is 0 Å². The Morgan fingerprint density at radius 2 is 1.55 bits per heavy atom. The smallest absolute Gasteiger partial charge is 0.0698 e. The van der Waals surface area contributed by atoms with Crippen LogP contribution < -0.4 is 0 Å². The summed E-state index contributed by atoms with van der Waals surface area (Å²) in [7, 11) is 1.81. The van der Waals surface area contributed by atoms with E-state index in [2.05, 4.69) is 32.6 Å². The maximum atomic E-state index is 5.33. The van der Waals surface area contributed by atoms with Crippen LogP contribution in [0.3, 0.4) is 0 Å². The third-order valence-electron chi connectivity index (χ3n) is 5.07. The van der Waals surface area contributed by atoms with Crippen LogP contribution in [-0.4, -0.2) is 37.2 Å². The first-order valence-corrected chi connectivity index (χ1v) is 8.81. The van der Waals surface area contributed by atoms with Crippen molar-refractivity contribution in [1.82, 2.24) is 4.90 Å². The van der Waals surface area contributed by atoms with Gasteiger partial charge in [-0.25, -0.2) is 0 Å². The zero-order valence-corrected chi connectivity index (χ0v) is 14.5. The van der Waals surface area contributed by atoms with Gasteiger partial charge in [0.15, 0.2) is 0 Å². The Bertz CT molecular complexity index is 234. The number of ether oxygens (including phenoxy) is 1. The summed E-state index contributed by atoms with van der Waals surface area (Å²) in [5.74, 6) is 1.99. The highest BCUT2D eigenvalue weighted by atomic mass is 16.5. The molecule has 2 aliphatic rings. The lowest BCUT2D eigenvalue weighted by atomic mass is 9.82. The van der Waals surface area contributed by atoms with Crippen molar-refractivity contribution < 1.29 is 4.74 Å². The minimum absolute atomic E-state index is 0.478. The Kier molecular flexibility index (Phi) is 8.79. The quantitative estimate of drug-likeness (QED) is 0.742. The molecule has 0 radical (unpaired) electrons. The standard InChI is InChI=1S/C9H19NO.C9H18/c1-8(2)10-6-4-5-9(7-10)11-3;1-8(2)9-6-4-3-5-7-9/h8-9H,4-7H2,1-3H3;8-9H,3-7H2,1-2H3. The fraction of sp³-hybridized carbons (Fsp3) is 1.00. The second-order valence-corrected chi connectivity index (χ2v) is 7.23. The Hall–Kier alpha value is -0.0800. The monoisotopic (exact) mass is 283 g/mol. The molecule has 0 spiro atoms. The molecule has 1 saturated heterocycles. The van der Waals surface area contributed by atoms with Crippen molar-refractivity contribution in [3.05, 3.63) is 0 Å². The van der Waals surface area contributed by atoms with Crippen LogP contribution in [0.2, 0.25) is 0 Å². The highest BCUT2D eigenvalue weighted by molar-refractivity contribution is 4.74. The average molecular weight is 284 g/mol. The fourth-order valence-corrected chi connectivity index (χ4v) is 3.43. The van der Waals surface area contributed by atoms with Crippen LogP contribution in [0.5, 0.6) is 0 Å². The predicted octanol–water partition coefficient (Wildman–Crippen LogP) is 4.73. The van der Waals surface area contributed by atoms with Crippen LogP contribution in [0.1, 0.15) is 72.6 Å². The number of hydrogen-bond donors (Lipinski definition) is 0. The lowest BCUT2D eigenvalue weighted by Crippen LogP contribution is -2.42. The van der Waals surface area contributed by atoms with Crippen LogP contribution in [-0.2, 0) is 4.74 Å². The van der Waals surface area contributed by atoms with E-state index in [1.54, 1.807) is 0 Å². The molecule has 0 bridgehead atoms. The van der Waals surface area contributed by atoms with Crippen LogP contribution in [0.15, 0.2) is 0 Å². The summed E-state index contributed by atoms with van der Waals surface area (Å²) in [4.78, 5) is 2.48. The van der Waals surface area contributed by atoms with Crippen molar-refractivity contribution in [2.75, 3.05) is 20.2 Å². The van der Waals surface area contributed by atoms with Gasteiger partial charge in [-0.1, -0.05) is 46.0 Å². The number of piperidine rings is 1. The molecule has 1 aliphatic heterocycles. The first kappa shape index (κ1) is 18.0. The van der Waals surface area contributed by atoms with E-state index in [9.17, 15) is 0 Å². The Labute approximate surface area is 127 Å². The number of nitrogens with zero attached hydrogens (tertiary/aromatic N) is 1. The van der Waals surface area contributed by atoms with Gasteiger partial charge in [-0.2, -0.15) is 0 Å². The SMILES string of the molecule is CC(C)C1CCCCC1.COC1CCCN(C(C)C)C1. The van der Waals surface area contributed by atoms with Gasteiger partial charge in [-0.3, -0.25) is 4.90 Å². The van der Waals surface area contributed by atoms with E-state index >= 15 is 0 Å². The van der Waals surface area contributed by atoms with Gasteiger partial charge >= 0.3 is 0 Å². The van der Waals surface area contributed by atoms with Crippen molar-refractivity contribution in [3.63, 3.8) is 0 Å². The molecule has 2 heteroatoms. The number of methoxy groups -OCH3 is 1. The highest BCUT2D eigenvalue weighted by Gasteiger charge is 2.20. The lowest BCUT2D eigenvalue weighted by molar-refractivity contribution is 0.0203. The van der Waals surface area contributed by atoms with Gasteiger partial charge in [-0.05, 0) is 45.1 Å². The summed E-state index contributed by atoms with van der Waals surface area (Å²) in [5.41, 5.74) is 0. The van der Waals surface area contributed by atoms with E-state index in [0.717, 1.165) is 18.4 Å². The van der Waals surface area contributed by atoms with E-state index in [1.165, 1.54) is 51.5 Å². The van der Waals surface area contributed by atoms with Crippen molar-refractivity contribution >= 4 is 0 Å². The first-order valence-electron chi connectivity index (χ1n) is 8.81. The van der Waals surface area contributed by atoms with Gasteiger partial charge < -0.3 is 4.74 Å². The summed E-state index contributed by atoms with van der Waals surface area (Å²) in [6.45, 7) is 11.6. The second-order valence-electron chi connectivity index (χ2n) is 7.23. The van der Waals surface area contributed by atoms with Crippen LogP contribution >= 0.6 is 0 Å². The van der Waals surface area contributed by atoms with E-state index in [4.69, 9.17) is 4.74 Å². The molecule has 2 nitrogen and oxygen atoms in total. The topological polar surface area (TPSA) is 12.5 Å². The Morgan fingerprint density at radius 1 is 0.900 bits per heavy atom. The van der Waals surface area contributed by atoms with E-state index < -0.39 is 0 Å². The number of hydrogen-bond acceptors (Lipinski definition) is 2. The summed E-state index contributed by atoms with van der Waals surface area (Å²) in [5, 5.41) is 0. The van der Waals surface area contributed by atoms with Crippen LogP contribution in [0.4, 0.5) is 0 Å². The molecule has 20 heavy (non-hydrogen) atoms. The molecule has 2 fully saturated rings. The minimum atomic E-state index is 0.478. The average Bonchev–Trinajstić information content (AvgIpc) is 2.49. The molecule has 2 rings (SSSR count). The first-order chi connectivity index (χ1) is 9.54. The molecular weight excluding hydrogens is 246 g/mol. The van der Waals surface area contributed by atoms with Gasteiger partial charge in [0.25, 0.3) is 0 Å². The maximum absolute atomic E-state index is 5.33. The van der Waals surface area contributed by atoms with Crippen molar-refractivity contribution in [2.24, 2.45) is 11.8 Å². The summed E-state index contributed by atoms with van der Waals surface area (Å²) in [6.07, 6.45) is 10.5. The molecule has 0 aromatic rings. The zero-order valence-electron chi connectivity index (χ0n) is 14.5. The minimum Gasteiger partial charge on any atom is -0.380 e. The van der Waals surface area contributed by atoms with Gasteiger partial charge in [0, 0.05) is 19.7 Å². The highest BCUT2D eigenvalue weighted by Crippen LogP contribution is 2.29. The normalized spacial score (nSPS) is 25.6. The van der Waals surface area contributed by atoms with Gasteiger partial charge in [0.2, 0.25) is 0 Å². The largest absolute Gasteiger partial charge is 0.380 e. The molecule has 1 saturated carbocycles. The molecule has 0 aromatic heterocycles. The third kappa shape index (κ3) is 6.58. The molecule has 0 amide bonds. The lowest BCUT2D eigenvalue weighted by Gasteiger charge is -2.34. The molecule has 120 valence electrons. The van der Waals surface area contributed by atoms with Crippen LogP contribution in [0, 0.1) is 11.8 Å². The molecule has 0 N–H and O–H groups in total. The second kappa shape index (κ2) is 9.78. The fourth-order valence-electron chi connectivity index (χ4n) is 3.43. The molecular formula is C18H37NO. The molecule has 1 atom stereocenters. The predicted molar refractivity (Wildman–Crippen MR) is 88.2 cm³/mol. The maximum Gasteiger partial charge on any atom is 0.0698 e. The van der Waals surface area contributed by atoms with Crippen LogP contribution in [0.25, 0.3) is 0 Å². The van der Waals surface area contributed by atoms with E-state index in [-0.39, 0.29) is 0 Å². The zero-order chi connectivity index (χ0) is 15.0. The van der Waals surface area contributed by atoms with Gasteiger partial charge in [0.05, 0.1) is 6.10 Å². The van der Waals surface area contributed by atoms with E-state index in [1.807, 2.05) is 7.11 Å².